The van der Waals surface area contributed by atoms with Crippen LogP contribution in [0.2, 0.25) is 0 Å². The number of rotatable bonds is 1. The normalized spacial score (nSPS) is 9.09. The van der Waals surface area contributed by atoms with Crippen molar-refractivity contribution in [2.45, 2.75) is 0 Å². The van der Waals surface area contributed by atoms with E-state index in [-0.39, 0.29) is 0 Å². The van der Waals surface area contributed by atoms with Crippen molar-refractivity contribution >= 4 is 23.3 Å². The Morgan fingerprint density at radius 1 is 1.55 bits per heavy atom. The molecule has 58 valence electrons. The van der Waals surface area contributed by atoms with Crippen LogP contribution in [0.3, 0.4) is 0 Å². The zero-order valence-corrected chi connectivity index (χ0v) is 6.35. The van der Waals surface area contributed by atoms with Gasteiger partial charge in [0.25, 0.3) is 5.91 Å². The summed E-state index contributed by atoms with van der Waals surface area (Å²) in [4.78, 5) is 21.1. The molecule has 0 aliphatic carbocycles. The second-order valence-corrected chi connectivity index (χ2v) is 2.61. The Bertz CT molecular complexity index is 268. The summed E-state index contributed by atoms with van der Waals surface area (Å²) in [6, 6.07) is 0.782. The first kappa shape index (κ1) is 7.74. The standard InChI is InChI=1S/C6H6N2O2S/c7-6(10)8-5(9)4-1-2-11-3-4/h1-3H,(H3,7,8,9,10). The van der Waals surface area contributed by atoms with Gasteiger partial charge in [-0.3, -0.25) is 10.1 Å². The highest BCUT2D eigenvalue weighted by atomic mass is 32.1. The van der Waals surface area contributed by atoms with Crippen LogP contribution in [0, 0.1) is 0 Å². The van der Waals surface area contributed by atoms with Crippen molar-refractivity contribution in [3.05, 3.63) is 22.4 Å². The Balaban J connectivity index is 2.64. The quantitative estimate of drug-likeness (QED) is 0.646. The summed E-state index contributed by atoms with van der Waals surface area (Å²) < 4.78 is 0. The second kappa shape index (κ2) is 3.16. The molecule has 0 unspecified atom stereocenters. The Kier molecular flexibility index (Phi) is 2.22. The minimum atomic E-state index is -0.832. The first-order chi connectivity index (χ1) is 5.20. The van der Waals surface area contributed by atoms with Gasteiger partial charge in [0.15, 0.2) is 0 Å². The number of primary amides is 1. The van der Waals surface area contributed by atoms with E-state index in [2.05, 4.69) is 0 Å². The lowest BCUT2D eigenvalue weighted by Crippen LogP contribution is -2.34. The molecule has 0 aliphatic heterocycles. The molecule has 1 aromatic rings. The van der Waals surface area contributed by atoms with Gasteiger partial charge < -0.3 is 5.73 Å². The van der Waals surface area contributed by atoms with E-state index >= 15 is 0 Å². The molecule has 3 N–H and O–H groups in total. The van der Waals surface area contributed by atoms with Crippen molar-refractivity contribution in [2.75, 3.05) is 0 Å². The summed E-state index contributed by atoms with van der Waals surface area (Å²) in [6.45, 7) is 0. The fraction of sp³-hybridized carbons (Fsp3) is 0. The van der Waals surface area contributed by atoms with Gasteiger partial charge in [-0.1, -0.05) is 0 Å². The maximum Gasteiger partial charge on any atom is 0.319 e. The average molecular weight is 170 g/mol. The van der Waals surface area contributed by atoms with Gasteiger partial charge in [0.1, 0.15) is 0 Å². The van der Waals surface area contributed by atoms with Gasteiger partial charge in [-0.2, -0.15) is 11.3 Å². The number of urea groups is 1. The molecule has 11 heavy (non-hydrogen) atoms. The largest absolute Gasteiger partial charge is 0.351 e. The van der Waals surface area contributed by atoms with Gasteiger partial charge in [-0.05, 0) is 11.4 Å². The third kappa shape index (κ3) is 2.05. The molecular weight excluding hydrogens is 164 g/mol. The molecule has 4 nitrogen and oxygen atoms in total. The van der Waals surface area contributed by atoms with Gasteiger partial charge in [0.2, 0.25) is 0 Å². The molecule has 3 amide bonds. The minimum Gasteiger partial charge on any atom is -0.351 e. The van der Waals surface area contributed by atoms with E-state index < -0.39 is 11.9 Å². The molecule has 1 aromatic heterocycles. The summed E-state index contributed by atoms with van der Waals surface area (Å²) >= 11 is 1.38. The van der Waals surface area contributed by atoms with Crippen molar-refractivity contribution < 1.29 is 9.59 Å². The molecular formula is C6H6N2O2S. The van der Waals surface area contributed by atoms with Crippen LogP contribution in [0.4, 0.5) is 4.79 Å². The van der Waals surface area contributed by atoms with Crippen LogP contribution in [-0.2, 0) is 0 Å². The molecule has 0 spiro atoms. The summed E-state index contributed by atoms with van der Waals surface area (Å²) in [5, 5.41) is 5.33. The number of imide groups is 1. The number of nitrogens with one attached hydrogen (secondary N) is 1. The molecule has 0 saturated carbocycles. The van der Waals surface area contributed by atoms with E-state index in [1.807, 2.05) is 5.32 Å². The van der Waals surface area contributed by atoms with Gasteiger partial charge in [-0.15, -0.1) is 0 Å². The van der Waals surface area contributed by atoms with Crippen molar-refractivity contribution in [1.29, 1.82) is 0 Å². The minimum absolute atomic E-state index is 0.453. The van der Waals surface area contributed by atoms with Gasteiger partial charge in [0.05, 0.1) is 5.56 Å². The zero-order valence-electron chi connectivity index (χ0n) is 5.53. The highest BCUT2D eigenvalue weighted by molar-refractivity contribution is 7.08. The van der Waals surface area contributed by atoms with Gasteiger partial charge in [-0.25, -0.2) is 4.79 Å². The van der Waals surface area contributed by atoms with Crippen LogP contribution in [0.1, 0.15) is 10.4 Å². The predicted octanol–water partition coefficient (Wildman–Crippen LogP) is 0.557. The lowest BCUT2D eigenvalue weighted by molar-refractivity contribution is 0.0966. The number of nitrogens with two attached hydrogens (primary N) is 1. The topological polar surface area (TPSA) is 72.2 Å². The van der Waals surface area contributed by atoms with E-state index in [4.69, 9.17) is 5.73 Å². The predicted molar refractivity (Wildman–Crippen MR) is 41.4 cm³/mol. The van der Waals surface area contributed by atoms with Crippen LogP contribution >= 0.6 is 11.3 Å². The Morgan fingerprint density at radius 2 is 2.27 bits per heavy atom. The summed E-state index contributed by atoms with van der Waals surface area (Å²) in [6.07, 6.45) is 0. The summed E-state index contributed by atoms with van der Waals surface area (Å²) in [7, 11) is 0. The lowest BCUT2D eigenvalue weighted by atomic mass is 10.3. The highest BCUT2D eigenvalue weighted by Crippen LogP contribution is 2.04. The highest BCUT2D eigenvalue weighted by Gasteiger charge is 2.06. The molecule has 5 heteroatoms. The molecule has 0 radical (unpaired) electrons. The van der Waals surface area contributed by atoms with Crippen molar-refractivity contribution in [3.63, 3.8) is 0 Å². The first-order valence-electron chi connectivity index (χ1n) is 2.83. The van der Waals surface area contributed by atoms with Crippen molar-refractivity contribution in [3.8, 4) is 0 Å². The van der Waals surface area contributed by atoms with E-state index in [9.17, 15) is 9.59 Å². The SMILES string of the molecule is NC(=O)NC(=O)c1ccsc1. The van der Waals surface area contributed by atoms with Crippen LogP contribution in [0.25, 0.3) is 0 Å². The van der Waals surface area contributed by atoms with E-state index in [1.54, 1.807) is 16.8 Å². The number of thiophene rings is 1. The van der Waals surface area contributed by atoms with E-state index in [1.165, 1.54) is 11.3 Å². The molecule has 0 aliphatic rings. The number of hydrogen-bond acceptors (Lipinski definition) is 3. The van der Waals surface area contributed by atoms with Crippen LogP contribution in [0.5, 0.6) is 0 Å². The second-order valence-electron chi connectivity index (χ2n) is 1.83. The number of amides is 3. The van der Waals surface area contributed by atoms with Crippen LogP contribution in [0.15, 0.2) is 16.8 Å². The molecule has 1 heterocycles. The fourth-order valence-electron chi connectivity index (χ4n) is 0.578. The Morgan fingerprint density at radius 3 is 2.73 bits per heavy atom. The Hall–Kier alpha value is -1.36. The monoisotopic (exact) mass is 170 g/mol. The number of carbonyl (C=O) groups is 2. The molecule has 1 rings (SSSR count). The zero-order chi connectivity index (χ0) is 8.27. The van der Waals surface area contributed by atoms with E-state index in [0.29, 0.717) is 5.56 Å². The molecule has 0 saturated heterocycles. The third-order valence-electron chi connectivity index (χ3n) is 1.02. The molecule has 0 bridgehead atoms. The van der Waals surface area contributed by atoms with E-state index in [0.717, 1.165) is 0 Å². The summed E-state index contributed by atoms with van der Waals surface area (Å²) in [5.74, 6) is -0.459. The average Bonchev–Trinajstić information content (AvgIpc) is 2.35. The van der Waals surface area contributed by atoms with Gasteiger partial charge >= 0.3 is 6.03 Å². The van der Waals surface area contributed by atoms with Crippen molar-refractivity contribution in [2.24, 2.45) is 5.73 Å². The number of carbonyl (C=O) groups excluding carboxylic acids is 2. The van der Waals surface area contributed by atoms with Crippen molar-refractivity contribution in [1.82, 2.24) is 5.32 Å². The third-order valence-corrected chi connectivity index (χ3v) is 1.70. The lowest BCUT2D eigenvalue weighted by Gasteiger charge is -1.95. The maximum atomic E-state index is 10.9. The summed E-state index contributed by atoms with van der Waals surface area (Å²) in [5.41, 5.74) is 5.18. The fourth-order valence-corrected chi connectivity index (χ4v) is 1.21. The van der Waals surface area contributed by atoms with Crippen LogP contribution < -0.4 is 11.1 Å². The maximum absolute atomic E-state index is 10.9. The Labute approximate surface area is 67.0 Å². The van der Waals surface area contributed by atoms with Gasteiger partial charge in [0, 0.05) is 5.38 Å². The molecule has 0 fully saturated rings. The van der Waals surface area contributed by atoms with Crippen LogP contribution in [-0.4, -0.2) is 11.9 Å². The first-order valence-corrected chi connectivity index (χ1v) is 3.77. The number of hydrogen-bond donors (Lipinski definition) is 2. The smallest absolute Gasteiger partial charge is 0.319 e. The molecule has 0 atom stereocenters. The molecule has 0 aromatic carbocycles.